The van der Waals surface area contributed by atoms with E-state index in [4.69, 9.17) is 4.74 Å². The molecule has 0 saturated carbocycles. The number of hydrogen-bond donors (Lipinski definition) is 0. The van der Waals surface area contributed by atoms with E-state index >= 15 is 0 Å². The van der Waals surface area contributed by atoms with Crippen LogP contribution in [0.1, 0.15) is 0 Å². The summed E-state index contributed by atoms with van der Waals surface area (Å²) in [6.07, 6.45) is 0. The summed E-state index contributed by atoms with van der Waals surface area (Å²) in [7, 11) is 0. The summed E-state index contributed by atoms with van der Waals surface area (Å²) in [4.78, 5) is 40.5. The van der Waals surface area contributed by atoms with Gasteiger partial charge in [0.15, 0.2) is 6.61 Å². The van der Waals surface area contributed by atoms with E-state index in [2.05, 4.69) is 15.2 Å². The molecule has 10 heteroatoms. The minimum Gasteiger partial charge on any atom is -0.454 e. The normalized spacial score (nSPS) is 14.0. The number of halogens is 1. The van der Waals surface area contributed by atoms with Crippen LogP contribution in [0.5, 0.6) is 0 Å². The van der Waals surface area contributed by atoms with Crippen molar-refractivity contribution < 1.29 is 18.7 Å². The molecule has 1 aliphatic heterocycles. The first-order chi connectivity index (χ1) is 15.0. The monoisotopic (exact) mass is 425 g/mol. The van der Waals surface area contributed by atoms with Crippen LogP contribution in [0, 0.1) is 5.82 Å². The van der Waals surface area contributed by atoms with Crippen LogP contribution in [0.4, 0.5) is 10.1 Å². The number of carbonyl (C=O) groups is 2. The SMILES string of the molecule is O=C(Cn1nnc2ccccc2c1=O)OCC(=O)N1CCN(c2ccc(F)cc2)CC1. The van der Waals surface area contributed by atoms with Crippen LogP contribution < -0.4 is 10.5 Å². The summed E-state index contributed by atoms with van der Waals surface area (Å²) in [6, 6.07) is 12.9. The molecule has 0 atom stereocenters. The molecule has 1 aliphatic rings. The Hall–Kier alpha value is -3.82. The first kappa shape index (κ1) is 20.5. The van der Waals surface area contributed by atoms with Gasteiger partial charge in [-0.3, -0.25) is 14.4 Å². The molecule has 4 rings (SSSR count). The standard InChI is InChI=1S/C21H20FN5O4/c22-15-5-7-16(8-6-15)25-9-11-26(12-10-25)19(28)14-31-20(29)13-27-21(30)17-3-1-2-4-18(17)23-24-27/h1-8H,9-14H2. The molecule has 0 unspecified atom stereocenters. The largest absolute Gasteiger partial charge is 0.454 e. The maximum atomic E-state index is 13.1. The second-order valence-corrected chi connectivity index (χ2v) is 7.07. The second kappa shape index (κ2) is 8.90. The number of esters is 1. The van der Waals surface area contributed by atoms with E-state index in [1.54, 1.807) is 41.3 Å². The van der Waals surface area contributed by atoms with Gasteiger partial charge in [0.25, 0.3) is 11.5 Å². The van der Waals surface area contributed by atoms with Gasteiger partial charge in [0, 0.05) is 31.9 Å². The molecule has 2 heterocycles. The van der Waals surface area contributed by atoms with Crippen LogP contribution in [0.2, 0.25) is 0 Å². The Morgan fingerprint density at radius 2 is 1.71 bits per heavy atom. The number of rotatable bonds is 5. The van der Waals surface area contributed by atoms with Crippen LogP contribution >= 0.6 is 0 Å². The molecule has 0 spiro atoms. The van der Waals surface area contributed by atoms with E-state index in [-0.39, 0.29) is 11.7 Å². The van der Waals surface area contributed by atoms with Gasteiger partial charge in [-0.15, -0.1) is 5.10 Å². The molecule has 0 aliphatic carbocycles. The highest BCUT2D eigenvalue weighted by atomic mass is 19.1. The molecule has 1 aromatic heterocycles. The Bertz CT molecular complexity index is 1160. The average Bonchev–Trinajstić information content (AvgIpc) is 2.80. The lowest BCUT2D eigenvalue weighted by Gasteiger charge is -2.36. The van der Waals surface area contributed by atoms with Crippen LogP contribution in [-0.4, -0.2) is 64.6 Å². The van der Waals surface area contributed by atoms with Crippen molar-refractivity contribution in [2.45, 2.75) is 6.54 Å². The minimum atomic E-state index is -0.745. The van der Waals surface area contributed by atoms with E-state index < -0.39 is 24.7 Å². The predicted molar refractivity (Wildman–Crippen MR) is 110 cm³/mol. The summed E-state index contributed by atoms with van der Waals surface area (Å²) in [5.41, 5.74) is 0.875. The van der Waals surface area contributed by atoms with E-state index in [0.717, 1.165) is 10.4 Å². The summed E-state index contributed by atoms with van der Waals surface area (Å²) >= 11 is 0. The summed E-state index contributed by atoms with van der Waals surface area (Å²) in [5, 5.41) is 7.99. The van der Waals surface area contributed by atoms with Crippen molar-refractivity contribution in [2.75, 3.05) is 37.7 Å². The van der Waals surface area contributed by atoms with Gasteiger partial charge in [0.1, 0.15) is 17.9 Å². The number of hydrogen-bond acceptors (Lipinski definition) is 7. The van der Waals surface area contributed by atoms with Crippen molar-refractivity contribution in [1.82, 2.24) is 19.9 Å². The molecule has 31 heavy (non-hydrogen) atoms. The topological polar surface area (TPSA) is 97.6 Å². The van der Waals surface area contributed by atoms with Crippen molar-refractivity contribution in [3.05, 3.63) is 64.7 Å². The van der Waals surface area contributed by atoms with Crippen LogP contribution in [0.3, 0.4) is 0 Å². The number of ether oxygens (including phenoxy) is 1. The van der Waals surface area contributed by atoms with Crippen LogP contribution in [0.25, 0.3) is 10.9 Å². The molecule has 1 amide bonds. The zero-order chi connectivity index (χ0) is 21.8. The molecule has 160 valence electrons. The van der Waals surface area contributed by atoms with E-state index in [1.807, 2.05) is 0 Å². The van der Waals surface area contributed by atoms with Crippen LogP contribution in [-0.2, 0) is 20.9 Å². The molecule has 1 fully saturated rings. The number of piperazine rings is 1. The molecule has 0 N–H and O–H groups in total. The summed E-state index contributed by atoms with van der Waals surface area (Å²) < 4.78 is 19.0. The number of fused-ring (bicyclic) bond motifs is 1. The molecule has 2 aromatic carbocycles. The minimum absolute atomic E-state index is 0.295. The van der Waals surface area contributed by atoms with E-state index in [0.29, 0.717) is 37.1 Å². The highest BCUT2D eigenvalue weighted by Gasteiger charge is 2.22. The first-order valence-electron chi connectivity index (χ1n) is 9.78. The Morgan fingerprint density at radius 3 is 2.45 bits per heavy atom. The Morgan fingerprint density at radius 1 is 1.00 bits per heavy atom. The highest BCUT2D eigenvalue weighted by molar-refractivity contribution is 5.81. The number of aromatic nitrogens is 3. The third-order valence-corrected chi connectivity index (χ3v) is 5.09. The fourth-order valence-corrected chi connectivity index (χ4v) is 3.39. The van der Waals surface area contributed by atoms with Gasteiger partial charge in [0.2, 0.25) is 0 Å². The smallest absolute Gasteiger partial charge is 0.328 e. The lowest BCUT2D eigenvalue weighted by atomic mass is 10.2. The molecule has 0 bridgehead atoms. The lowest BCUT2D eigenvalue weighted by molar-refractivity contribution is -0.152. The fourth-order valence-electron chi connectivity index (χ4n) is 3.39. The van der Waals surface area contributed by atoms with Gasteiger partial charge < -0.3 is 14.5 Å². The van der Waals surface area contributed by atoms with E-state index in [9.17, 15) is 18.8 Å². The van der Waals surface area contributed by atoms with Gasteiger partial charge in [-0.1, -0.05) is 17.3 Å². The third-order valence-electron chi connectivity index (χ3n) is 5.09. The van der Waals surface area contributed by atoms with Crippen molar-refractivity contribution in [2.24, 2.45) is 0 Å². The van der Waals surface area contributed by atoms with Gasteiger partial charge >= 0.3 is 5.97 Å². The van der Waals surface area contributed by atoms with Gasteiger partial charge in [-0.05, 0) is 36.4 Å². The Balaban J connectivity index is 1.27. The zero-order valence-electron chi connectivity index (χ0n) is 16.6. The number of anilines is 1. The first-order valence-corrected chi connectivity index (χ1v) is 9.78. The molecule has 3 aromatic rings. The second-order valence-electron chi connectivity index (χ2n) is 7.07. The number of benzene rings is 2. The summed E-state index contributed by atoms with van der Waals surface area (Å²) in [6.45, 7) is 1.26. The van der Waals surface area contributed by atoms with Crippen molar-refractivity contribution >= 4 is 28.5 Å². The van der Waals surface area contributed by atoms with Gasteiger partial charge in [0.05, 0.1) is 5.39 Å². The Labute approximate surface area is 176 Å². The van der Waals surface area contributed by atoms with Crippen molar-refractivity contribution in [3.8, 4) is 0 Å². The maximum absolute atomic E-state index is 13.1. The molecular formula is C21H20FN5O4. The van der Waals surface area contributed by atoms with Gasteiger partial charge in [-0.2, -0.15) is 4.68 Å². The quantitative estimate of drug-likeness (QED) is 0.559. The maximum Gasteiger partial charge on any atom is 0.328 e. The van der Waals surface area contributed by atoms with Gasteiger partial charge in [-0.25, -0.2) is 4.39 Å². The predicted octanol–water partition coefficient (Wildman–Crippen LogP) is 0.823. The van der Waals surface area contributed by atoms with E-state index in [1.165, 1.54) is 12.1 Å². The summed E-state index contributed by atoms with van der Waals surface area (Å²) in [5.74, 6) is -1.36. The number of amides is 1. The number of carbonyl (C=O) groups excluding carboxylic acids is 2. The lowest BCUT2D eigenvalue weighted by Crippen LogP contribution is -2.50. The fraction of sp³-hybridized carbons (Fsp3) is 0.286. The zero-order valence-corrected chi connectivity index (χ0v) is 16.6. The molecule has 0 radical (unpaired) electrons. The number of nitrogens with zero attached hydrogens (tertiary/aromatic N) is 5. The molecular weight excluding hydrogens is 405 g/mol. The van der Waals surface area contributed by atoms with Crippen molar-refractivity contribution in [1.29, 1.82) is 0 Å². The highest BCUT2D eigenvalue weighted by Crippen LogP contribution is 2.17. The molecule has 9 nitrogen and oxygen atoms in total. The molecule has 1 saturated heterocycles. The average molecular weight is 425 g/mol. The van der Waals surface area contributed by atoms with Crippen molar-refractivity contribution in [3.63, 3.8) is 0 Å². The Kier molecular flexibility index (Phi) is 5.87. The van der Waals surface area contributed by atoms with Crippen LogP contribution in [0.15, 0.2) is 53.3 Å². The third kappa shape index (κ3) is 4.68.